The highest BCUT2D eigenvalue weighted by Gasteiger charge is 2.29. The average molecular weight is 288 g/mol. The molecule has 4 nitrogen and oxygen atoms in total. The van der Waals surface area contributed by atoms with Crippen LogP contribution < -0.4 is 5.32 Å². The Labute approximate surface area is 126 Å². The molecule has 3 rings (SSSR count). The first kappa shape index (κ1) is 14.4. The maximum absolute atomic E-state index is 12.4. The fourth-order valence-electron chi connectivity index (χ4n) is 3.58. The monoisotopic (exact) mass is 288 g/mol. The number of nitrogens with zero attached hydrogens (tertiary/aromatic N) is 1. The van der Waals surface area contributed by atoms with Crippen molar-refractivity contribution in [2.75, 3.05) is 7.05 Å². The van der Waals surface area contributed by atoms with Crippen molar-refractivity contribution in [2.24, 2.45) is 0 Å². The molecular formula is C17H24N2O2. The van der Waals surface area contributed by atoms with Gasteiger partial charge in [-0.3, -0.25) is 0 Å². The van der Waals surface area contributed by atoms with Crippen LogP contribution in [0.3, 0.4) is 0 Å². The van der Waals surface area contributed by atoms with Crippen molar-refractivity contribution in [1.82, 2.24) is 10.2 Å². The Balaban J connectivity index is 1.61. The molecule has 0 aliphatic heterocycles. The molecule has 1 aromatic carbocycles. The number of fused-ring (bicyclic) bond motifs is 1. The van der Waals surface area contributed by atoms with E-state index in [2.05, 4.69) is 23.5 Å². The molecule has 4 heteroatoms. The first-order chi connectivity index (χ1) is 10.1. The third-order valence-corrected chi connectivity index (χ3v) is 4.91. The molecule has 2 amide bonds. The van der Waals surface area contributed by atoms with Gasteiger partial charge in [0.05, 0.1) is 12.1 Å². The summed E-state index contributed by atoms with van der Waals surface area (Å²) >= 11 is 0. The molecule has 1 unspecified atom stereocenters. The van der Waals surface area contributed by atoms with E-state index in [9.17, 15) is 9.90 Å². The highest BCUT2D eigenvalue weighted by atomic mass is 16.3. The van der Waals surface area contributed by atoms with Gasteiger partial charge in [0, 0.05) is 13.1 Å². The lowest BCUT2D eigenvalue weighted by atomic mass is 9.93. The summed E-state index contributed by atoms with van der Waals surface area (Å²) in [6.45, 7) is 0. The minimum absolute atomic E-state index is 0.0121. The third-order valence-electron chi connectivity index (χ3n) is 4.91. The molecule has 21 heavy (non-hydrogen) atoms. The second kappa shape index (κ2) is 6.06. The first-order valence-corrected chi connectivity index (χ1v) is 7.94. The van der Waals surface area contributed by atoms with Gasteiger partial charge in [-0.1, -0.05) is 24.3 Å². The van der Waals surface area contributed by atoms with Crippen LogP contribution in [0.2, 0.25) is 0 Å². The molecule has 0 radical (unpaired) electrons. The Kier molecular flexibility index (Phi) is 4.15. The summed E-state index contributed by atoms with van der Waals surface area (Å²) < 4.78 is 0. The second-order valence-electron chi connectivity index (χ2n) is 6.32. The molecule has 2 aliphatic rings. The van der Waals surface area contributed by atoms with Crippen molar-refractivity contribution in [2.45, 2.75) is 56.7 Å². The number of hydrogen-bond donors (Lipinski definition) is 2. The minimum atomic E-state index is -0.183. The Morgan fingerprint density at radius 1 is 1.19 bits per heavy atom. The largest absolute Gasteiger partial charge is 0.393 e. The van der Waals surface area contributed by atoms with Gasteiger partial charge in [-0.2, -0.15) is 0 Å². The summed E-state index contributed by atoms with van der Waals surface area (Å²) in [7, 11) is 1.89. The lowest BCUT2D eigenvalue weighted by molar-refractivity contribution is 0.114. The van der Waals surface area contributed by atoms with Gasteiger partial charge in [0.15, 0.2) is 0 Å². The standard InChI is InChI=1S/C17H24N2O2/c1-19(16-11-6-12-4-2-3-5-15(12)16)17(21)18-13-7-9-14(20)10-8-13/h2-5,13-14,16,20H,6-11H2,1H3,(H,18,21). The molecule has 2 aliphatic carbocycles. The Morgan fingerprint density at radius 2 is 1.90 bits per heavy atom. The van der Waals surface area contributed by atoms with E-state index in [1.807, 2.05) is 18.0 Å². The number of hydrogen-bond acceptors (Lipinski definition) is 2. The Morgan fingerprint density at radius 3 is 2.67 bits per heavy atom. The molecule has 2 N–H and O–H groups in total. The molecule has 0 spiro atoms. The average Bonchev–Trinajstić information content (AvgIpc) is 2.92. The van der Waals surface area contributed by atoms with Crippen molar-refractivity contribution >= 4 is 6.03 Å². The van der Waals surface area contributed by atoms with E-state index in [0.29, 0.717) is 0 Å². The number of urea groups is 1. The van der Waals surface area contributed by atoms with Gasteiger partial charge < -0.3 is 15.3 Å². The minimum Gasteiger partial charge on any atom is -0.393 e. The van der Waals surface area contributed by atoms with Gasteiger partial charge in [0.25, 0.3) is 0 Å². The van der Waals surface area contributed by atoms with E-state index in [-0.39, 0.29) is 24.2 Å². The molecular weight excluding hydrogens is 264 g/mol. The predicted molar refractivity (Wildman–Crippen MR) is 82.1 cm³/mol. The highest BCUT2D eigenvalue weighted by Crippen LogP contribution is 2.34. The zero-order valence-corrected chi connectivity index (χ0v) is 12.6. The summed E-state index contributed by atoms with van der Waals surface area (Å²) in [6.07, 6.45) is 5.21. The summed E-state index contributed by atoms with van der Waals surface area (Å²) in [5.41, 5.74) is 2.65. The summed E-state index contributed by atoms with van der Waals surface area (Å²) in [6, 6.07) is 8.81. The topological polar surface area (TPSA) is 52.6 Å². The van der Waals surface area contributed by atoms with E-state index in [1.54, 1.807) is 0 Å². The van der Waals surface area contributed by atoms with Crippen molar-refractivity contribution in [3.8, 4) is 0 Å². The fraction of sp³-hybridized carbons (Fsp3) is 0.588. The van der Waals surface area contributed by atoms with E-state index in [4.69, 9.17) is 0 Å². The maximum Gasteiger partial charge on any atom is 0.317 e. The van der Waals surface area contributed by atoms with Crippen molar-refractivity contribution in [3.05, 3.63) is 35.4 Å². The van der Waals surface area contributed by atoms with Gasteiger partial charge in [0.1, 0.15) is 0 Å². The lowest BCUT2D eigenvalue weighted by Crippen LogP contribution is -2.45. The molecule has 0 heterocycles. The van der Waals surface area contributed by atoms with Crippen LogP contribution in [0.1, 0.15) is 49.3 Å². The zero-order chi connectivity index (χ0) is 14.8. The zero-order valence-electron chi connectivity index (χ0n) is 12.6. The number of rotatable bonds is 2. The van der Waals surface area contributed by atoms with Gasteiger partial charge in [-0.05, 0) is 49.7 Å². The van der Waals surface area contributed by atoms with Gasteiger partial charge in [-0.25, -0.2) is 4.79 Å². The van der Waals surface area contributed by atoms with Crippen LogP contribution in [0.5, 0.6) is 0 Å². The summed E-state index contributed by atoms with van der Waals surface area (Å²) in [5.74, 6) is 0. The Bertz CT molecular complexity index is 509. The molecule has 1 fully saturated rings. The molecule has 0 bridgehead atoms. The maximum atomic E-state index is 12.4. The Hall–Kier alpha value is -1.55. The number of aryl methyl sites for hydroxylation is 1. The summed E-state index contributed by atoms with van der Waals surface area (Å²) in [5, 5.41) is 12.7. The SMILES string of the molecule is CN(C(=O)NC1CCC(O)CC1)C1CCc2ccccc21. The van der Waals surface area contributed by atoms with Crippen LogP contribution in [0.25, 0.3) is 0 Å². The van der Waals surface area contributed by atoms with Gasteiger partial charge >= 0.3 is 6.03 Å². The number of aliphatic hydroxyl groups is 1. The number of benzene rings is 1. The van der Waals surface area contributed by atoms with E-state index >= 15 is 0 Å². The number of carbonyl (C=O) groups is 1. The van der Waals surface area contributed by atoms with Crippen LogP contribution in [-0.4, -0.2) is 35.2 Å². The molecule has 114 valence electrons. The lowest BCUT2D eigenvalue weighted by Gasteiger charge is -2.31. The van der Waals surface area contributed by atoms with Crippen LogP contribution in [0.15, 0.2) is 24.3 Å². The van der Waals surface area contributed by atoms with Crippen LogP contribution in [0.4, 0.5) is 4.79 Å². The highest BCUT2D eigenvalue weighted by molar-refractivity contribution is 5.75. The quantitative estimate of drug-likeness (QED) is 0.879. The van der Waals surface area contributed by atoms with Crippen LogP contribution in [-0.2, 0) is 6.42 Å². The third kappa shape index (κ3) is 3.05. The molecule has 0 saturated heterocycles. The number of amides is 2. The first-order valence-electron chi connectivity index (χ1n) is 7.94. The van der Waals surface area contributed by atoms with Crippen molar-refractivity contribution < 1.29 is 9.90 Å². The number of aliphatic hydroxyl groups excluding tert-OH is 1. The number of nitrogens with one attached hydrogen (secondary N) is 1. The van der Waals surface area contributed by atoms with Crippen LogP contribution in [0, 0.1) is 0 Å². The molecule has 1 saturated carbocycles. The van der Waals surface area contributed by atoms with Gasteiger partial charge in [-0.15, -0.1) is 0 Å². The second-order valence-corrected chi connectivity index (χ2v) is 6.32. The predicted octanol–water partition coefficient (Wildman–Crippen LogP) is 2.62. The summed E-state index contributed by atoms with van der Waals surface area (Å²) in [4.78, 5) is 14.3. The van der Waals surface area contributed by atoms with Crippen LogP contribution >= 0.6 is 0 Å². The normalized spacial score (nSPS) is 28.0. The number of carbonyl (C=O) groups excluding carboxylic acids is 1. The molecule has 1 aromatic rings. The van der Waals surface area contributed by atoms with E-state index < -0.39 is 0 Å². The van der Waals surface area contributed by atoms with Gasteiger partial charge in [0.2, 0.25) is 0 Å². The fourth-order valence-corrected chi connectivity index (χ4v) is 3.58. The van der Waals surface area contributed by atoms with E-state index in [1.165, 1.54) is 11.1 Å². The molecule has 0 aromatic heterocycles. The van der Waals surface area contributed by atoms with E-state index in [0.717, 1.165) is 38.5 Å². The smallest absolute Gasteiger partial charge is 0.317 e. The van der Waals surface area contributed by atoms with Crippen molar-refractivity contribution in [3.63, 3.8) is 0 Å². The van der Waals surface area contributed by atoms with Crippen molar-refractivity contribution in [1.29, 1.82) is 0 Å². The molecule has 1 atom stereocenters.